The second-order valence-electron chi connectivity index (χ2n) is 6.42. The van der Waals surface area contributed by atoms with Gasteiger partial charge < -0.3 is 4.90 Å². The van der Waals surface area contributed by atoms with Gasteiger partial charge in [0.25, 0.3) is 0 Å². The maximum absolute atomic E-state index is 13.4. The average molecular weight is 381 g/mol. The van der Waals surface area contributed by atoms with Crippen LogP contribution in [0.2, 0.25) is 0 Å². The standard InChI is InChI=1S/C16H20FN5O3S/c1-11-16(23)21(8-12-5-4-6-13(17)7-12)10-15-19-18-14(22(11)15)9-20(2)26(3,24)25/h4-7,11H,8-10H2,1-3H3/t11-/m0/s1. The largest absolute Gasteiger partial charge is 0.329 e. The van der Waals surface area contributed by atoms with Gasteiger partial charge in [-0.2, -0.15) is 4.31 Å². The first-order chi connectivity index (χ1) is 12.2. The molecule has 140 valence electrons. The molecule has 10 heteroatoms. The fourth-order valence-corrected chi connectivity index (χ4v) is 3.30. The van der Waals surface area contributed by atoms with Crippen LogP contribution in [0.3, 0.4) is 0 Å². The Bertz CT molecular complexity index is 943. The van der Waals surface area contributed by atoms with Crippen LogP contribution in [0.15, 0.2) is 24.3 Å². The average Bonchev–Trinajstić information content (AvgIpc) is 2.94. The van der Waals surface area contributed by atoms with Crippen molar-refractivity contribution in [3.63, 3.8) is 0 Å². The summed E-state index contributed by atoms with van der Waals surface area (Å²) in [5.41, 5.74) is 0.690. The molecule has 1 aliphatic rings. The molecular weight excluding hydrogens is 361 g/mol. The highest BCUT2D eigenvalue weighted by atomic mass is 32.2. The summed E-state index contributed by atoms with van der Waals surface area (Å²) in [6, 6.07) is 5.54. The van der Waals surface area contributed by atoms with Gasteiger partial charge in [0.2, 0.25) is 15.9 Å². The van der Waals surface area contributed by atoms with Gasteiger partial charge in [0.05, 0.1) is 19.3 Å². The number of carbonyl (C=O) groups excluding carboxylic acids is 1. The Hall–Kier alpha value is -2.33. The van der Waals surface area contributed by atoms with E-state index in [1.807, 2.05) is 0 Å². The molecule has 0 radical (unpaired) electrons. The highest BCUT2D eigenvalue weighted by Gasteiger charge is 2.33. The van der Waals surface area contributed by atoms with Crippen molar-refractivity contribution in [2.24, 2.45) is 0 Å². The Labute approximate surface area is 151 Å². The molecule has 1 amide bonds. The lowest BCUT2D eigenvalue weighted by Gasteiger charge is -2.32. The predicted molar refractivity (Wildman–Crippen MR) is 91.7 cm³/mol. The van der Waals surface area contributed by atoms with Crippen LogP contribution in [0.5, 0.6) is 0 Å². The van der Waals surface area contributed by atoms with Gasteiger partial charge in [-0.05, 0) is 24.6 Å². The van der Waals surface area contributed by atoms with E-state index in [4.69, 9.17) is 0 Å². The Morgan fingerprint density at radius 1 is 1.35 bits per heavy atom. The summed E-state index contributed by atoms with van der Waals surface area (Å²) >= 11 is 0. The zero-order chi connectivity index (χ0) is 19.1. The summed E-state index contributed by atoms with van der Waals surface area (Å²) < 4.78 is 39.4. The van der Waals surface area contributed by atoms with Crippen molar-refractivity contribution >= 4 is 15.9 Å². The molecule has 1 aromatic heterocycles. The Morgan fingerprint density at radius 3 is 2.73 bits per heavy atom. The Morgan fingerprint density at radius 2 is 2.08 bits per heavy atom. The number of hydrogen-bond donors (Lipinski definition) is 0. The molecule has 0 spiro atoms. The number of fused-ring (bicyclic) bond motifs is 1. The van der Waals surface area contributed by atoms with E-state index in [0.717, 1.165) is 10.6 Å². The third kappa shape index (κ3) is 3.61. The maximum Gasteiger partial charge on any atom is 0.246 e. The quantitative estimate of drug-likeness (QED) is 0.768. The zero-order valence-electron chi connectivity index (χ0n) is 14.8. The highest BCUT2D eigenvalue weighted by Crippen LogP contribution is 2.25. The maximum atomic E-state index is 13.4. The van der Waals surface area contributed by atoms with Gasteiger partial charge in [-0.1, -0.05) is 12.1 Å². The molecule has 0 unspecified atom stereocenters. The third-order valence-electron chi connectivity index (χ3n) is 4.42. The molecular formula is C16H20FN5O3S. The molecule has 26 heavy (non-hydrogen) atoms. The molecule has 2 aromatic rings. The molecule has 0 N–H and O–H groups in total. The van der Waals surface area contributed by atoms with Gasteiger partial charge in [-0.25, -0.2) is 12.8 Å². The fourth-order valence-electron chi connectivity index (χ4n) is 2.95. The van der Waals surface area contributed by atoms with Gasteiger partial charge >= 0.3 is 0 Å². The van der Waals surface area contributed by atoms with Crippen molar-refractivity contribution in [2.75, 3.05) is 13.3 Å². The summed E-state index contributed by atoms with van der Waals surface area (Å²) in [7, 11) is -1.92. The van der Waals surface area contributed by atoms with Crippen molar-refractivity contribution in [2.45, 2.75) is 32.6 Å². The van der Waals surface area contributed by atoms with E-state index in [2.05, 4.69) is 10.2 Å². The summed E-state index contributed by atoms with van der Waals surface area (Å²) in [5, 5.41) is 8.17. The van der Waals surface area contributed by atoms with E-state index in [1.54, 1.807) is 28.5 Å². The first kappa shape index (κ1) is 18.5. The number of amides is 1. The number of rotatable bonds is 5. The number of carbonyl (C=O) groups is 1. The van der Waals surface area contributed by atoms with Crippen molar-refractivity contribution in [3.8, 4) is 0 Å². The van der Waals surface area contributed by atoms with Crippen LogP contribution in [0.25, 0.3) is 0 Å². The molecule has 0 saturated heterocycles. The van der Waals surface area contributed by atoms with Crippen molar-refractivity contribution in [1.82, 2.24) is 24.0 Å². The second kappa shape index (κ2) is 6.76. The Balaban J connectivity index is 1.84. The van der Waals surface area contributed by atoms with Crippen LogP contribution in [-0.2, 0) is 34.5 Å². The second-order valence-corrected chi connectivity index (χ2v) is 8.51. The smallest absolute Gasteiger partial charge is 0.246 e. The number of hydrogen-bond acceptors (Lipinski definition) is 5. The third-order valence-corrected chi connectivity index (χ3v) is 5.68. The zero-order valence-corrected chi connectivity index (χ0v) is 15.6. The number of sulfonamides is 1. The lowest BCUT2D eigenvalue weighted by molar-refractivity contribution is -0.137. The van der Waals surface area contributed by atoms with Crippen LogP contribution in [-0.4, -0.2) is 51.6 Å². The number of benzene rings is 1. The Kier molecular flexibility index (Phi) is 4.80. The topological polar surface area (TPSA) is 88.4 Å². The summed E-state index contributed by atoms with van der Waals surface area (Å²) in [4.78, 5) is 14.3. The minimum absolute atomic E-state index is 0.0351. The van der Waals surface area contributed by atoms with E-state index in [9.17, 15) is 17.6 Å². The number of nitrogens with zero attached hydrogens (tertiary/aromatic N) is 5. The molecule has 1 aliphatic heterocycles. The minimum atomic E-state index is -3.37. The number of halogens is 1. The van der Waals surface area contributed by atoms with Crippen LogP contribution >= 0.6 is 0 Å². The van der Waals surface area contributed by atoms with E-state index in [1.165, 1.54) is 19.2 Å². The van der Waals surface area contributed by atoms with Gasteiger partial charge in [0.1, 0.15) is 17.7 Å². The predicted octanol–water partition coefficient (Wildman–Crippen LogP) is 0.912. The van der Waals surface area contributed by atoms with E-state index < -0.39 is 16.1 Å². The first-order valence-electron chi connectivity index (χ1n) is 8.04. The normalized spacial score (nSPS) is 17.7. The molecule has 1 atom stereocenters. The van der Waals surface area contributed by atoms with Crippen molar-refractivity contribution in [3.05, 3.63) is 47.3 Å². The summed E-state index contributed by atoms with van der Waals surface area (Å²) in [6.07, 6.45) is 1.11. The van der Waals surface area contributed by atoms with Crippen molar-refractivity contribution in [1.29, 1.82) is 0 Å². The SMILES string of the molecule is C[C@H]1C(=O)N(Cc2cccc(F)c2)Cc2nnc(CN(C)S(C)(=O)=O)n21. The van der Waals surface area contributed by atoms with E-state index in [0.29, 0.717) is 17.2 Å². The van der Waals surface area contributed by atoms with Crippen LogP contribution in [0.1, 0.15) is 30.2 Å². The lowest BCUT2D eigenvalue weighted by atomic mass is 10.1. The van der Waals surface area contributed by atoms with Gasteiger partial charge in [0.15, 0.2) is 5.82 Å². The van der Waals surface area contributed by atoms with Crippen LogP contribution < -0.4 is 0 Å². The molecule has 0 saturated carbocycles. The lowest BCUT2D eigenvalue weighted by Crippen LogP contribution is -2.42. The van der Waals surface area contributed by atoms with Crippen LogP contribution in [0.4, 0.5) is 4.39 Å². The molecule has 0 fully saturated rings. The molecule has 0 aliphatic carbocycles. The molecule has 2 heterocycles. The van der Waals surface area contributed by atoms with Gasteiger partial charge in [-0.15, -0.1) is 10.2 Å². The molecule has 1 aromatic carbocycles. The molecule has 8 nitrogen and oxygen atoms in total. The highest BCUT2D eigenvalue weighted by molar-refractivity contribution is 7.88. The summed E-state index contributed by atoms with van der Waals surface area (Å²) in [5.74, 6) is 0.490. The van der Waals surface area contributed by atoms with E-state index in [-0.39, 0.29) is 31.4 Å². The summed E-state index contributed by atoms with van der Waals surface area (Å²) in [6.45, 7) is 2.26. The number of aromatic nitrogens is 3. The van der Waals surface area contributed by atoms with E-state index >= 15 is 0 Å². The van der Waals surface area contributed by atoms with Gasteiger partial charge in [-0.3, -0.25) is 9.36 Å². The van der Waals surface area contributed by atoms with Crippen LogP contribution in [0, 0.1) is 5.82 Å². The van der Waals surface area contributed by atoms with Crippen molar-refractivity contribution < 1.29 is 17.6 Å². The minimum Gasteiger partial charge on any atom is -0.329 e. The van der Waals surface area contributed by atoms with Gasteiger partial charge in [0, 0.05) is 13.6 Å². The monoisotopic (exact) mass is 381 g/mol. The first-order valence-corrected chi connectivity index (χ1v) is 9.89. The molecule has 3 rings (SSSR count). The molecule has 0 bridgehead atoms. The fraction of sp³-hybridized carbons (Fsp3) is 0.438.